The minimum atomic E-state index is -2.45. The van der Waals surface area contributed by atoms with Crippen molar-refractivity contribution in [3.63, 3.8) is 0 Å². The summed E-state index contributed by atoms with van der Waals surface area (Å²) in [6, 6.07) is 3.94. The van der Waals surface area contributed by atoms with Crippen LogP contribution in [-0.4, -0.2) is 16.3 Å². The third-order valence-electron chi connectivity index (χ3n) is 3.69. The van der Waals surface area contributed by atoms with Crippen molar-refractivity contribution in [3.05, 3.63) is 34.9 Å². The second-order valence-electron chi connectivity index (χ2n) is 5.70. The summed E-state index contributed by atoms with van der Waals surface area (Å²) in [5, 5.41) is 12.6. The molecule has 0 bridgehead atoms. The van der Waals surface area contributed by atoms with Gasteiger partial charge in [-0.1, -0.05) is 181 Å². The summed E-state index contributed by atoms with van der Waals surface area (Å²) >= 11 is 85.2. The molecule has 15 heteroatoms. The normalized spacial score (nSPS) is 16.1. The first kappa shape index (κ1) is 30.3. The quantitative estimate of drug-likeness (QED) is 0.275. The van der Waals surface area contributed by atoms with Crippen molar-refractivity contribution in [1.82, 2.24) is 0 Å². The van der Waals surface area contributed by atoms with Crippen LogP contribution < -0.4 is 0 Å². The van der Waals surface area contributed by atoms with Crippen molar-refractivity contribution in [3.8, 4) is 0 Å². The van der Waals surface area contributed by atoms with Gasteiger partial charge in [-0.25, -0.2) is 5.11 Å². The molecule has 0 heterocycles. The molecule has 1 radical (unpaired) electrons. The molecule has 0 saturated heterocycles. The molecule has 167 valence electrons. The fourth-order valence-electron chi connectivity index (χ4n) is 2.25. The van der Waals surface area contributed by atoms with Crippen LogP contribution in [0.3, 0.4) is 0 Å². The maximum Gasteiger partial charge on any atom is 0.226 e. The zero-order valence-electron chi connectivity index (χ0n) is 13.5. The van der Waals surface area contributed by atoms with Gasteiger partial charge in [-0.2, -0.15) is 0 Å². The van der Waals surface area contributed by atoms with Crippen molar-refractivity contribution in [2.75, 3.05) is 0 Å². The molecule has 0 aliphatic heterocycles. The minimum Gasteiger partial charge on any atom is -0.228 e. The molecule has 0 saturated carbocycles. The first-order valence-electron chi connectivity index (χ1n) is 6.99. The van der Waals surface area contributed by atoms with E-state index in [0.717, 1.165) is 0 Å². The van der Waals surface area contributed by atoms with Gasteiger partial charge >= 0.3 is 0 Å². The smallest absolute Gasteiger partial charge is 0.226 e. The zero-order chi connectivity index (χ0) is 23.4. The van der Waals surface area contributed by atoms with Crippen molar-refractivity contribution in [2.24, 2.45) is 0 Å². The van der Waals surface area contributed by atoms with Crippen molar-refractivity contribution in [1.29, 1.82) is 0 Å². The van der Waals surface area contributed by atoms with Crippen LogP contribution in [0.2, 0.25) is 0 Å². The van der Waals surface area contributed by atoms with E-state index in [0.29, 0.717) is 0 Å². The van der Waals surface area contributed by atoms with E-state index in [1.807, 2.05) is 0 Å². The number of benzene rings is 1. The molecule has 1 rings (SSSR count). The van der Waals surface area contributed by atoms with Gasteiger partial charge in [-0.15, -0.1) is 0 Å². The zero-order valence-corrected chi connectivity index (χ0v) is 24.1. The summed E-state index contributed by atoms with van der Waals surface area (Å²) in [5.41, 5.74) is -0.574. The molecular weight excluding hydrogens is 680 g/mol. The highest BCUT2D eigenvalue weighted by atomic mass is 35.6. The second kappa shape index (κ2) is 9.71. The first-order valence-corrected chi connectivity index (χ1v) is 12.3. The lowest BCUT2D eigenvalue weighted by Crippen LogP contribution is -2.47. The average Bonchev–Trinajstić information content (AvgIpc) is 2.51. The molecule has 0 N–H and O–H groups in total. The number of alkyl halides is 14. The Morgan fingerprint density at radius 2 is 0.897 bits per heavy atom. The molecule has 0 fully saturated rings. The Morgan fingerprint density at radius 3 is 1.10 bits per heavy atom. The van der Waals surface area contributed by atoms with Crippen LogP contribution in [0.5, 0.6) is 0 Å². The van der Waals surface area contributed by atoms with E-state index in [9.17, 15) is 5.11 Å². The van der Waals surface area contributed by atoms with Crippen molar-refractivity contribution >= 4 is 162 Å². The topological polar surface area (TPSA) is 19.9 Å². The summed E-state index contributed by atoms with van der Waals surface area (Å²) in [4.78, 5) is 0. The van der Waals surface area contributed by atoms with E-state index in [1.165, 1.54) is 25.1 Å². The first-order chi connectivity index (χ1) is 12.5. The molecule has 0 spiro atoms. The van der Waals surface area contributed by atoms with Gasteiger partial charge in [0, 0.05) is 0 Å². The summed E-state index contributed by atoms with van der Waals surface area (Å²) in [6.45, 7) is 1.22. The molecule has 1 aromatic carbocycles. The predicted molar refractivity (Wildman–Crippen MR) is 132 cm³/mol. The average molecular weight is 688 g/mol. The highest BCUT2D eigenvalue weighted by molar-refractivity contribution is 6.79. The van der Waals surface area contributed by atoms with E-state index < -0.39 is 31.0 Å². The lowest BCUT2D eigenvalue weighted by Gasteiger charge is -2.42. The number of hydrogen-bond acceptors (Lipinski definition) is 0. The molecule has 1 nitrogen and oxygen atoms in total. The van der Waals surface area contributed by atoms with Gasteiger partial charge < -0.3 is 0 Å². The Balaban J connectivity index is 3.93. The summed E-state index contributed by atoms with van der Waals surface area (Å²) < 4.78 is -14.4. The number of halogens is 14. The van der Waals surface area contributed by atoms with Crippen LogP contribution in [-0.2, 0) is 13.8 Å². The largest absolute Gasteiger partial charge is 0.228 e. The van der Waals surface area contributed by atoms with Crippen LogP contribution in [0.4, 0.5) is 0 Å². The minimum absolute atomic E-state index is 0.184. The molecule has 0 aliphatic rings. The lowest BCUT2D eigenvalue weighted by atomic mass is 9.90. The van der Waals surface area contributed by atoms with Gasteiger partial charge in [-0.3, -0.25) is 0 Å². The standard InChI is InChI=1S/C14H7Cl14O/c1-5(29)8-6(9(15,16)11(19,20)13(23,24)25)3-2-4-7(8)10(17,18)12(21,22)14(26,27)28/h2-5H,1H3. The number of hydrogen-bond donors (Lipinski definition) is 0. The maximum atomic E-state index is 12.6. The van der Waals surface area contributed by atoms with Gasteiger partial charge in [-0.05, 0) is 23.6 Å². The predicted octanol–water partition coefficient (Wildman–Crippen LogP) is 10.5. The van der Waals surface area contributed by atoms with E-state index >= 15 is 0 Å². The van der Waals surface area contributed by atoms with Crippen LogP contribution >= 0.6 is 162 Å². The van der Waals surface area contributed by atoms with Gasteiger partial charge in [0.25, 0.3) is 0 Å². The third-order valence-corrected chi connectivity index (χ3v) is 11.5. The van der Waals surface area contributed by atoms with E-state index in [4.69, 9.17) is 162 Å². The fraction of sp³-hybridized carbons (Fsp3) is 0.571. The Labute approximate surface area is 237 Å². The van der Waals surface area contributed by atoms with Crippen molar-refractivity contribution < 1.29 is 5.11 Å². The number of rotatable bonds is 5. The summed E-state index contributed by atoms with van der Waals surface area (Å²) in [5.74, 6) is 0. The molecule has 0 aliphatic carbocycles. The van der Waals surface area contributed by atoms with E-state index in [1.54, 1.807) is 0 Å². The summed E-state index contributed by atoms with van der Waals surface area (Å²) in [7, 11) is 0. The van der Waals surface area contributed by atoms with E-state index in [-0.39, 0.29) is 16.7 Å². The Hall–Kier alpha value is 3.24. The monoisotopic (exact) mass is 681 g/mol. The molecule has 29 heavy (non-hydrogen) atoms. The SMILES string of the molecule is CC([O])c1c(C(Cl)(Cl)C(Cl)(Cl)C(Cl)(Cl)Cl)cccc1C(Cl)(Cl)C(Cl)(Cl)C(Cl)(Cl)Cl. The summed E-state index contributed by atoms with van der Waals surface area (Å²) in [6.07, 6.45) is -1.59. The van der Waals surface area contributed by atoms with Crippen LogP contribution in [0, 0.1) is 0 Å². The molecule has 1 atom stereocenters. The van der Waals surface area contributed by atoms with Gasteiger partial charge in [0.05, 0.1) is 0 Å². The van der Waals surface area contributed by atoms with Crippen molar-refractivity contribution in [2.45, 2.75) is 37.9 Å². The Morgan fingerprint density at radius 1 is 0.621 bits per heavy atom. The lowest BCUT2D eigenvalue weighted by molar-refractivity contribution is 0.104. The molecular formula is C14H7Cl14O. The highest BCUT2D eigenvalue weighted by Gasteiger charge is 2.64. The van der Waals surface area contributed by atoms with E-state index in [2.05, 4.69) is 0 Å². The molecule has 1 aromatic rings. The molecule has 0 aromatic heterocycles. The van der Waals surface area contributed by atoms with Crippen LogP contribution in [0.1, 0.15) is 29.7 Å². The molecule has 1 unspecified atom stereocenters. The molecule has 0 amide bonds. The Bertz CT molecular complexity index is 687. The maximum absolute atomic E-state index is 12.6. The van der Waals surface area contributed by atoms with Crippen LogP contribution in [0.25, 0.3) is 0 Å². The van der Waals surface area contributed by atoms with Gasteiger partial charge in [0.1, 0.15) is 6.10 Å². The fourth-order valence-corrected chi connectivity index (χ4v) is 5.31. The second-order valence-corrected chi connectivity index (χ2v) is 15.6. The van der Waals surface area contributed by atoms with Crippen LogP contribution in [0.15, 0.2) is 18.2 Å². The van der Waals surface area contributed by atoms with Gasteiger partial charge in [0.15, 0.2) is 8.67 Å². The highest BCUT2D eigenvalue weighted by Crippen LogP contribution is 2.64. The Kier molecular flexibility index (Phi) is 10.1. The third kappa shape index (κ3) is 5.57. The van der Waals surface area contributed by atoms with Gasteiger partial charge in [0.2, 0.25) is 16.3 Å².